The monoisotopic (exact) mass is 195 g/mol. The summed E-state index contributed by atoms with van der Waals surface area (Å²) in [5, 5.41) is 16.7. The van der Waals surface area contributed by atoms with Gasteiger partial charge in [-0.15, -0.1) is 0 Å². The average Bonchev–Trinajstić information content (AvgIpc) is 2.07. The highest BCUT2D eigenvalue weighted by molar-refractivity contribution is 6.57. The van der Waals surface area contributed by atoms with Crippen LogP contribution in [0, 0.1) is 23.4 Å². The second kappa shape index (κ2) is 3.31. The van der Waals surface area contributed by atoms with Crippen molar-refractivity contribution in [2.24, 2.45) is 0 Å². The van der Waals surface area contributed by atoms with Crippen LogP contribution < -0.4 is 5.59 Å². The minimum atomic E-state index is -2.50. The van der Waals surface area contributed by atoms with E-state index >= 15 is 0 Å². The fourth-order valence-corrected chi connectivity index (χ4v) is 0.674. The van der Waals surface area contributed by atoms with Gasteiger partial charge in [-0.2, -0.15) is 8.78 Å². The lowest BCUT2D eigenvalue weighted by Crippen LogP contribution is -2.37. The van der Waals surface area contributed by atoms with Gasteiger partial charge in [-0.3, -0.25) is 0 Å². The van der Waals surface area contributed by atoms with E-state index < -0.39 is 36.1 Å². The second-order valence-electron chi connectivity index (χ2n) is 2.10. The highest BCUT2D eigenvalue weighted by atomic mass is 19.2. The largest absolute Gasteiger partial charge is 0.511 e. The summed E-state index contributed by atoms with van der Waals surface area (Å²) in [6, 6.07) is 0. The standard InChI is InChI=1S/C5H2BF4NO2/c7-1-2(8)4(6(12)13)11-5(10)3(1)9/h12-13H. The summed E-state index contributed by atoms with van der Waals surface area (Å²) >= 11 is 0. The first kappa shape index (κ1) is 9.94. The van der Waals surface area contributed by atoms with E-state index in [-0.39, 0.29) is 0 Å². The van der Waals surface area contributed by atoms with Crippen LogP contribution in [0.5, 0.6) is 0 Å². The molecule has 70 valence electrons. The lowest BCUT2D eigenvalue weighted by atomic mass is 9.85. The molecule has 0 saturated heterocycles. The van der Waals surface area contributed by atoms with Gasteiger partial charge in [0.2, 0.25) is 5.82 Å². The van der Waals surface area contributed by atoms with Gasteiger partial charge < -0.3 is 10.0 Å². The van der Waals surface area contributed by atoms with Gasteiger partial charge in [0, 0.05) is 0 Å². The third-order valence-corrected chi connectivity index (χ3v) is 1.25. The van der Waals surface area contributed by atoms with Gasteiger partial charge in [-0.25, -0.2) is 13.8 Å². The number of hydrogen-bond donors (Lipinski definition) is 2. The number of rotatable bonds is 1. The van der Waals surface area contributed by atoms with E-state index in [4.69, 9.17) is 10.0 Å². The molecule has 1 heterocycles. The van der Waals surface area contributed by atoms with Gasteiger partial charge in [0.25, 0.3) is 5.95 Å². The molecule has 0 aromatic carbocycles. The molecule has 1 aromatic heterocycles. The summed E-state index contributed by atoms with van der Waals surface area (Å²) < 4.78 is 49.4. The first-order chi connectivity index (χ1) is 5.95. The van der Waals surface area contributed by atoms with Crippen LogP contribution in [-0.2, 0) is 0 Å². The smallest absolute Gasteiger partial charge is 0.422 e. The summed E-state index contributed by atoms with van der Waals surface area (Å²) in [5.41, 5.74) is -1.29. The molecule has 0 aliphatic rings. The molecule has 0 amide bonds. The lowest BCUT2D eigenvalue weighted by molar-refractivity contribution is 0.383. The number of halogens is 4. The van der Waals surface area contributed by atoms with Crippen LogP contribution in [0.25, 0.3) is 0 Å². The maximum atomic E-state index is 12.5. The molecular formula is C5H2BF4NO2. The summed E-state index contributed by atoms with van der Waals surface area (Å²) in [7, 11) is -2.50. The quantitative estimate of drug-likeness (QED) is 0.354. The molecule has 1 rings (SSSR count). The Balaban J connectivity index is 3.41. The van der Waals surface area contributed by atoms with E-state index in [1.807, 2.05) is 0 Å². The third kappa shape index (κ3) is 1.63. The zero-order valence-electron chi connectivity index (χ0n) is 5.93. The molecule has 0 spiro atoms. The van der Waals surface area contributed by atoms with Gasteiger partial charge in [-0.1, -0.05) is 0 Å². The number of pyridine rings is 1. The van der Waals surface area contributed by atoms with Crippen molar-refractivity contribution in [2.45, 2.75) is 0 Å². The molecule has 0 aliphatic heterocycles. The SMILES string of the molecule is OB(O)c1nc(F)c(F)c(F)c1F. The van der Waals surface area contributed by atoms with E-state index in [0.717, 1.165) is 0 Å². The Kier molecular flexibility index (Phi) is 2.53. The molecule has 0 aliphatic carbocycles. The average molecular weight is 195 g/mol. The Morgan fingerprint density at radius 1 is 0.923 bits per heavy atom. The fourth-order valence-electron chi connectivity index (χ4n) is 0.674. The number of nitrogens with zero attached hydrogens (tertiary/aromatic N) is 1. The molecule has 0 unspecified atom stereocenters. The Hall–Kier alpha value is -1.15. The van der Waals surface area contributed by atoms with Gasteiger partial charge in [-0.05, 0) is 0 Å². The molecule has 0 saturated carbocycles. The Morgan fingerprint density at radius 2 is 1.46 bits per heavy atom. The summed E-state index contributed by atoms with van der Waals surface area (Å²) in [4.78, 5) is 2.48. The maximum absolute atomic E-state index is 12.5. The first-order valence-corrected chi connectivity index (χ1v) is 3.01. The van der Waals surface area contributed by atoms with Crippen molar-refractivity contribution in [3.63, 3.8) is 0 Å². The zero-order valence-corrected chi connectivity index (χ0v) is 5.93. The highest BCUT2D eigenvalue weighted by Crippen LogP contribution is 2.09. The topological polar surface area (TPSA) is 53.4 Å². The minimum Gasteiger partial charge on any atom is -0.422 e. The molecule has 13 heavy (non-hydrogen) atoms. The van der Waals surface area contributed by atoms with Crippen LogP contribution in [0.15, 0.2) is 0 Å². The molecule has 1 aromatic rings. The predicted molar refractivity (Wildman–Crippen MR) is 33.9 cm³/mol. The maximum Gasteiger partial charge on any atom is 0.511 e. The summed E-state index contributed by atoms with van der Waals surface area (Å²) in [6.45, 7) is 0. The Morgan fingerprint density at radius 3 is 1.92 bits per heavy atom. The molecular weight excluding hydrogens is 193 g/mol. The van der Waals surface area contributed by atoms with Gasteiger partial charge in [0.1, 0.15) is 5.59 Å². The normalized spacial score (nSPS) is 10.3. The molecule has 3 nitrogen and oxygen atoms in total. The van der Waals surface area contributed by atoms with Gasteiger partial charge >= 0.3 is 7.12 Å². The van der Waals surface area contributed by atoms with Gasteiger partial charge in [0.15, 0.2) is 11.6 Å². The highest BCUT2D eigenvalue weighted by Gasteiger charge is 2.27. The minimum absolute atomic E-state index is 1.29. The van der Waals surface area contributed by atoms with Crippen molar-refractivity contribution in [1.82, 2.24) is 4.98 Å². The van der Waals surface area contributed by atoms with Crippen LogP contribution in [0.1, 0.15) is 0 Å². The summed E-state index contributed by atoms with van der Waals surface area (Å²) in [5.74, 6) is -8.08. The fraction of sp³-hybridized carbons (Fsp3) is 0. The van der Waals surface area contributed by atoms with Crippen LogP contribution in [0.3, 0.4) is 0 Å². The molecule has 2 N–H and O–H groups in total. The van der Waals surface area contributed by atoms with Crippen LogP contribution in [0.4, 0.5) is 17.6 Å². The van der Waals surface area contributed by atoms with Crippen molar-refractivity contribution in [1.29, 1.82) is 0 Å². The summed E-state index contributed by atoms with van der Waals surface area (Å²) in [6.07, 6.45) is 0. The van der Waals surface area contributed by atoms with E-state index in [1.165, 1.54) is 0 Å². The Labute approximate surface area is 69.8 Å². The van der Waals surface area contributed by atoms with Crippen molar-refractivity contribution >= 4 is 12.7 Å². The van der Waals surface area contributed by atoms with Crippen LogP contribution in [0.2, 0.25) is 0 Å². The third-order valence-electron chi connectivity index (χ3n) is 1.25. The van der Waals surface area contributed by atoms with Crippen molar-refractivity contribution in [2.75, 3.05) is 0 Å². The molecule has 0 radical (unpaired) electrons. The van der Waals surface area contributed by atoms with Crippen LogP contribution in [-0.4, -0.2) is 22.2 Å². The zero-order chi connectivity index (χ0) is 10.2. The molecule has 0 atom stereocenters. The molecule has 0 fully saturated rings. The van der Waals surface area contributed by atoms with E-state index in [9.17, 15) is 17.6 Å². The molecule has 0 bridgehead atoms. The van der Waals surface area contributed by atoms with Crippen molar-refractivity contribution in [3.8, 4) is 0 Å². The lowest BCUT2D eigenvalue weighted by Gasteiger charge is -2.02. The van der Waals surface area contributed by atoms with E-state index in [2.05, 4.69) is 4.98 Å². The first-order valence-electron chi connectivity index (χ1n) is 3.01. The van der Waals surface area contributed by atoms with Crippen LogP contribution >= 0.6 is 0 Å². The molecule has 8 heteroatoms. The second-order valence-corrected chi connectivity index (χ2v) is 2.10. The van der Waals surface area contributed by atoms with Crippen molar-refractivity contribution < 1.29 is 27.6 Å². The van der Waals surface area contributed by atoms with E-state index in [1.54, 1.807) is 0 Å². The van der Waals surface area contributed by atoms with Gasteiger partial charge in [0.05, 0.1) is 0 Å². The predicted octanol–water partition coefficient (Wildman–Crippen LogP) is -0.682. The van der Waals surface area contributed by atoms with E-state index in [0.29, 0.717) is 0 Å². The number of hydrogen-bond acceptors (Lipinski definition) is 3. The van der Waals surface area contributed by atoms with Crippen molar-refractivity contribution in [3.05, 3.63) is 23.4 Å². The Bertz CT molecular complexity index is 346. The number of aromatic nitrogens is 1.